The predicted octanol–water partition coefficient (Wildman–Crippen LogP) is 4.17. The molecule has 0 aliphatic carbocycles. The van der Waals surface area contributed by atoms with Gasteiger partial charge in [-0.05, 0) is 41.9 Å². The van der Waals surface area contributed by atoms with Crippen LogP contribution >= 0.6 is 23.2 Å². The van der Waals surface area contributed by atoms with Crippen LogP contribution in [-0.2, 0) is 6.42 Å². The van der Waals surface area contributed by atoms with E-state index in [0.29, 0.717) is 10.4 Å². The monoisotopic (exact) mass is 271 g/mol. The van der Waals surface area contributed by atoms with Gasteiger partial charge >= 0.3 is 0 Å². The summed E-state index contributed by atoms with van der Waals surface area (Å²) in [6.45, 7) is 6.77. The number of hydrogen-bond donors (Lipinski definition) is 1. The molecular formula is C14H19Cl2N. The summed E-state index contributed by atoms with van der Waals surface area (Å²) in [6.07, 6.45) is 2.30. The van der Waals surface area contributed by atoms with Crippen LogP contribution in [0, 0.1) is 11.3 Å². The third-order valence-corrected chi connectivity index (χ3v) is 4.01. The topological polar surface area (TPSA) is 12.0 Å². The molecule has 1 heterocycles. The Morgan fingerprint density at radius 1 is 1.29 bits per heavy atom. The van der Waals surface area contributed by atoms with Crippen molar-refractivity contribution in [1.29, 1.82) is 0 Å². The van der Waals surface area contributed by atoms with E-state index < -0.39 is 0 Å². The second-order valence-corrected chi connectivity index (χ2v) is 6.46. The van der Waals surface area contributed by atoms with Crippen LogP contribution in [0.1, 0.15) is 25.8 Å². The number of hydrogen-bond acceptors (Lipinski definition) is 1. The molecule has 17 heavy (non-hydrogen) atoms. The number of rotatable bonds is 4. The Hall–Kier alpha value is -0.240. The molecule has 0 saturated carbocycles. The highest BCUT2D eigenvalue weighted by Gasteiger charge is 2.37. The molecule has 1 fully saturated rings. The molecule has 0 amide bonds. The first-order valence-corrected chi connectivity index (χ1v) is 6.91. The zero-order chi connectivity index (χ0) is 12.5. The van der Waals surface area contributed by atoms with Crippen molar-refractivity contribution in [2.24, 2.45) is 11.3 Å². The first kappa shape index (κ1) is 13.2. The molecule has 1 aliphatic rings. The average Bonchev–Trinajstić information content (AvgIpc) is 2.18. The minimum absolute atomic E-state index is 0.394. The van der Waals surface area contributed by atoms with Crippen LogP contribution in [0.3, 0.4) is 0 Å². The van der Waals surface area contributed by atoms with Gasteiger partial charge in [0.2, 0.25) is 0 Å². The van der Waals surface area contributed by atoms with Crippen molar-refractivity contribution in [3.8, 4) is 0 Å². The number of nitrogens with one attached hydrogen (secondary N) is 1. The second-order valence-electron chi connectivity index (χ2n) is 5.61. The van der Waals surface area contributed by atoms with Crippen molar-refractivity contribution in [1.82, 2.24) is 5.32 Å². The Morgan fingerprint density at radius 2 is 2.00 bits per heavy atom. The molecular weight excluding hydrogens is 253 g/mol. The summed E-state index contributed by atoms with van der Waals surface area (Å²) in [6, 6.07) is 5.83. The Kier molecular flexibility index (Phi) is 4.02. The lowest BCUT2D eigenvalue weighted by Gasteiger charge is -2.44. The van der Waals surface area contributed by atoms with Crippen molar-refractivity contribution >= 4 is 23.2 Å². The summed E-state index contributed by atoms with van der Waals surface area (Å²) in [7, 11) is 0. The minimum atomic E-state index is 0.394. The lowest BCUT2D eigenvalue weighted by atomic mass is 9.71. The maximum atomic E-state index is 6.25. The van der Waals surface area contributed by atoms with Crippen LogP contribution in [-0.4, -0.2) is 13.1 Å². The summed E-state index contributed by atoms with van der Waals surface area (Å²) in [5.74, 6) is 0.725. The van der Waals surface area contributed by atoms with Crippen LogP contribution in [0.4, 0.5) is 0 Å². The van der Waals surface area contributed by atoms with Gasteiger partial charge in [-0.3, -0.25) is 0 Å². The molecule has 1 aromatic rings. The molecule has 94 valence electrons. The lowest BCUT2D eigenvalue weighted by Crippen LogP contribution is -2.55. The Balaban J connectivity index is 2.13. The molecule has 1 N–H and O–H groups in total. The van der Waals surface area contributed by atoms with E-state index in [1.165, 1.54) is 12.0 Å². The van der Waals surface area contributed by atoms with E-state index in [1.54, 1.807) is 0 Å². The SMILES string of the molecule is CC(C)CC1(Cc2ccc(Cl)cc2Cl)CNC1. The Morgan fingerprint density at radius 3 is 2.47 bits per heavy atom. The van der Waals surface area contributed by atoms with Gasteiger partial charge in [0.25, 0.3) is 0 Å². The molecule has 0 unspecified atom stereocenters. The molecule has 0 aromatic heterocycles. The van der Waals surface area contributed by atoms with Gasteiger partial charge in [-0.1, -0.05) is 43.1 Å². The zero-order valence-electron chi connectivity index (χ0n) is 10.4. The highest BCUT2D eigenvalue weighted by molar-refractivity contribution is 6.35. The first-order valence-electron chi connectivity index (χ1n) is 6.15. The third kappa shape index (κ3) is 3.15. The summed E-state index contributed by atoms with van der Waals surface area (Å²) >= 11 is 12.2. The molecule has 0 bridgehead atoms. The Labute approximate surface area is 114 Å². The quantitative estimate of drug-likeness (QED) is 0.867. The lowest BCUT2D eigenvalue weighted by molar-refractivity contribution is 0.131. The van der Waals surface area contributed by atoms with Gasteiger partial charge in [0.1, 0.15) is 0 Å². The summed E-state index contributed by atoms with van der Waals surface area (Å²) in [5, 5.41) is 4.90. The van der Waals surface area contributed by atoms with E-state index in [-0.39, 0.29) is 0 Å². The van der Waals surface area contributed by atoms with Gasteiger partial charge in [0, 0.05) is 23.1 Å². The van der Waals surface area contributed by atoms with E-state index in [2.05, 4.69) is 25.2 Å². The predicted molar refractivity (Wildman–Crippen MR) is 74.9 cm³/mol. The largest absolute Gasteiger partial charge is 0.316 e. The number of benzene rings is 1. The van der Waals surface area contributed by atoms with Crippen LogP contribution in [0.25, 0.3) is 0 Å². The van der Waals surface area contributed by atoms with E-state index in [1.807, 2.05) is 12.1 Å². The fourth-order valence-electron chi connectivity index (χ4n) is 2.76. The van der Waals surface area contributed by atoms with Crippen molar-refractivity contribution < 1.29 is 0 Å². The smallest absolute Gasteiger partial charge is 0.0453 e. The van der Waals surface area contributed by atoms with Crippen molar-refractivity contribution in [2.45, 2.75) is 26.7 Å². The van der Waals surface area contributed by atoms with E-state index in [4.69, 9.17) is 23.2 Å². The van der Waals surface area contributed by atoms with Crippen LogP contribution in [0.2, 0.25) is 10.0 Å². The summed E-state index contributed by atoms with van der Waals surface area (Å²) < 4.78 is 0. The molecule has 1 saturated heterocycles. The van der Waals surface area contributed by atoms with Gasteiger partial charge in [-0.2, -0.15) is 0 Å². The van der Waals surface area contributed by atoms with Gasteiger partial charge in [-0.15, -0.1) is 0 Å². The minimum Gasteiger partial charge on any atom is -0.316 e. The number of halogens is 2. The fourth-order valence-corrected chi connectivity index (χ4v) is 3.23. The van der Waals surface area contributed by atoms with Crippen LogP contribution < -0.4 is 5.32 Å². The second kappa shape index (κ2) is 5.17. The summed E-state index contributed by atoms with van der Waals surface area (Å²) in [4.78, 5) is 0. The highest BCUT2D eigenvalue weighted by atomic mass is 35.5. The van der Waals surface area contributed by atoms with E-state index >= 15 is 0 Å². The normalized spacial score (nSPS) is 18.2. The molecule has 3 heteroatoms. The third-order valence-electron chi connectivity index (χ3n) is 3.42. The zero-order valence-corrected chi connectivity index (χ0v) is 11.9. The van der Waals surface area contributed by atoms with Gasteiger partial charge in [0.15, 0.2) is 0 Å². The molecule has 0 atom stereocenters. The fraction of sp³-hybridized carbons (Fsp3) is 0.571. The highest BCUT2D eigenvalue weighted by Crippen LogP contribution is 2.36. The van der Waals surface area contributed by atoms with E-state index in [0.717, 1.165) is 30.5 Å². The van der Waals surface area contributed by atoms with Gasteiger partial charge in [-0.25, -0.2) is 0 Å². The van der Waals surface area contributed by atoms with Crippen LogP contribution in [0.5, 0.6) is 0 Å². The van der Waals surface area contributed by atoms with Crippen LogP contribution in [0.15, 0.2) is 18.2 Å². The van der Waals surface area contributed by atoms with Gasteiger partial charge < -0.3 is 5.32 Å². The standard InChI is InChI=1S/C14H19Cl2N/c1-10(2)6-14(8-17-9-14)7-11-3-4-12(15)5-13(11)16/h3-5,10,17H,6-9H2,1-2H3. The first-order chi connectivity index (χ1) is 8.01. The van der Waals surface area contributed by atoms with Gasteiger partial charge in [0.05, 0.1) is 0 Å². The maximum absolute atomic E-state index is 6.25. The molecule has 0 spiro atoms. The molecule has 2 rings (SSSR count). The molecule has 1 aliphatic heterocycles. The summed E-state index contributed by atoms with van der Waals surface area (Å²) in [5.41, 5.74) is 1.62. The average molecular weight is 272 g/mol. The van der Waals surface area contributed by atoms with Crippen molar-refractivity contribution in [3.05, 3.63) is 33.8 Å². The molecule has 1 aromatic carbocycles. The molecule has 1 nitrogen and oxygen atoms in total. The molecule has 0 radical (unpaired) electrons. The van der Waals surface area contributed by atoms with Crippen molar-refractivity contribution in [2.75, 3.05) is 13.1 Å². The Bertz CT molecular complexity index is 397. The van der Waals surface area contributed by atoms with Crippen molar-refractivity contribution in [3.63, 3.8) is 0 Å². The maximum Gasteiger partial charge on any atom is 0.0453 e. The van der Waals surface area contributed by atoms with E-state index in [9.17, 15) is 0 Å².